The molecule has 1 N–H and O–H groups in total. The summed E-state index contributed by atoms with van der Waals surface area (Å²) >= 11 is 0. The molecule has 0 radical (unpaired) electrons. The molecule has 3 rings (SSSR count). The van der Waals surface area contributed by atoms with E-state index in [4.69, 9.17) is 0 Å². The average molecular weight is 338 g/mol. The number of aryl methyl sites for hydroxylation is 1. The van der Waals surface area contributed by atoms with Gasteiger partial charge in [0.1, 0.15) is 0 Å². The van der Waals surface area contributed by atoms with Crippen LogP contribution in [0.25, 0.3) is 0 Å². The molecule has 1 aromatic carbocycles. The summed E-state index contributed by atoms with van der Waals surface area (Å²) in [6, 6.07) is 12.5. The first-order chi connectivity index (χ1) is 12.1. The number of rotatable bonds is 4. The van der Waals surface area contributed by atoms with Gasteiger partial charge in [-0.05, 0) is 37.1 Å². The molecule has 1 aromatic heterocycles. The second-order valence-electron chi connectivity index (χ2n) is 6.70. The molecule has 25 heavy (non-hydrogen) atoms. The van der Waals surface area contributed by atoms with Crippen molar-refractivity contribution in [3.05, 3.63) is 65.5 Å². The van der Waals surface area contributed by atoms with E-state index >= 15 is 0 Å². The van der Waals surface area contributed by atoms with Crippen LogP contribution in [0.1, 0.15) is 29.7 Å². The van der Waals surface area contributed by atoms with Crippen LogP contribution in [0.5, 0.6) is 0 Å². The standard InChI is InChI=1S/C20H26N4O/c1-16-4-3-5-18(14-16)15-23-10-12-24(13-11-23)20(25)22-17(2)19-6-8-21-9-7-19/h3-9,14,17H,10-13,15H2,1-2H3,(H,22,25). The van der Waals surface area contributed by atoms with E-state index in [0.29, 0.717) is 0 Å². The Morgan fingerprint density at radius 1 is 1.16 bits per heavy atom. The summed E-state index contributed by atoms with van der Waals surface area (Å²) in [5.74, 6) is 0. The second-order valence-corrected chi connectivity index (χ2v) is 6.70. The van der Waals surface area contributed by atoms with Crippen molar-refractivity contribution >= 4 is 6.03 Å². The van der Waals surface area contributed by atoms with Gasteiger partial charge < -0.3 is 10.2 Å². The van der Waals surface area contributed by atoms with Crippen molar-refractivity contribution in [3.8, 4) is 0 Å². The summed E-state index contributed by atoms with van der Waals surface area (Å²) in [6.07, 6.45) is 3.50. The number of pyridine rings is 1. The van der Waals surface area contributed by atoms with Crippen molar-refractivity contribution in [2.45, 2.75) is 26.4 Å². The lowest BCUT2D eigenvalue weighted by molar-refractivity contribution is 0.133. The van der Waals surface area contributed by atoms with Gasteiger partial charge in [0.15, 0.2) is 0 Å². The van der Waals surface area contributed by atoms with Gasteiger partial charge in [0.25, 0.3) is 0 Å². The largest absolute Gasteiger partial charge is 0.331 e. The molecule has 2 heterocycles. The van der Waals surface area contributed by atoms with Gasteiger partial charge in [0.2, 0.25) is 0 Å². The smallest absolute Gasteiger partial charge is 0.317 e. The zero-order valence-electron chi connectivity index (χ0n) is 15.0. The van der Waals surface area contributed by atoms with Crippen molar-refractivity contribution < 1.29 is 4.79 Å². The molecule has 5 nitrogen and oxygen atoms in total. The fourth-order valence-electron chi connectivity index (χ4n) is 3.19. The van der Waals surface area contributed by atoms with Crippen LogP contribution in [0.2, 0.25) is 0 Å². The third-order valence-corrected chi connectivity index (χ3v) is 4.69. The maximum Gasteiger partial charge on any atom is 0.317 e. The summed E-state index contributed by atoms with van der Waals surface area (Å²) in [5.41, 5.74) is 3.70. The SMILES string of the molecule is Cc1cccc(CN2CCN(C(=O)NC(C)c3ccncc3)CC2)c1. The van der Waals surface area contributed by atoms with Crippen molar-refractivity contribution in [1.29, 1.82) is 0 Å². The van der Waals surface area contributed by atoms with E-state index < -0.39 is 0 Å². The molecule has 1 atom stereocenters. The molecule has 2 aromatic rings. The zero-order chi connectivity index (χ0) is 17.6. The third-order valence-electron chi connectivity index (χ3n) is 4.69. The van der Waals surface area contributed by atoms with E-state index in [1.807, 2.05) is 24.0 Å². The molecule has 1 fully saturated rings. The maximum atomic E-state index is 12.5. The Labute approximate surface area is 149 Å². The summed E-state index contributed by atoms with van der Waals surface area (Å²) in [5, 5.41) is 3.08. The topological polar surface area (TPSA) is 48.5 Å². The van der Waals surface area contributed by atoms with Crippen LogP contribution in [0.3, 0.4) is 0 Å². The Kier molecular flexibility index (Phi) is 5.66. The molecule has 0 aliphatic carbocycles. The first-order valence-corrected chi connectivity index (χ1v) is 8.85. The van der Waals surface area contributed by atoms with Crippen LogP contribution in [0, 0.1) is 6.92 Å². The highest BCUT2D eigenvalue weighted by Gasteiger charge is 2.22. The van der Waals surface area contributed by atoms with E-state index in [1.54, 1.807) is 12.4 Å². The first-order valence-electron chi connectivity index (χ1n) is 8.85. The number of urea groups is 1. The molecule has 2 amide bonds. The molecule has 132 valence electrons. The minimum atomic E-state index is -0.0131. The molecule has 1 aliphatic rings. The third kappa shape index (κ3) is 4.79. The number of hydrogen-bond acceptors (Lipinski definition) is 3. The number of carbonyl (C=O) groups excluding carboxylic acids is 1. The number of carbonyl (C=O) groups is 1. The summed E-state index contributed by atoms with van der Waals surface area (Å²) in [4.78, 5) is 20.8. The molecule has 0 spiro atoms. The van der Waals surface area contributed by atoms with E-state index in [0.717, 1.165) is 38.3 Å². The maximum absolute atomic E-state index is 12.5. The number of amides is 2. The van der Waals surface area contributed by atoms with Crippen LogP contribution in [-0.4, -0.2) is 47.0 Å². The van der Waals surface area contributed by atoms with Gasteiger partial charge in [0.05, 0.1) is 6.04 Å². The van der Waals surface area contributed by atoms with Gasteiger partial charge in [0, 0.05) is 45.1 Å². The Hall–Kier alpha value is -2.40. The summed E-state index contributed by atoms with van der Waals surface area (Å²) in [6.45, 7) is 8.42. The van der Waals surface area contributed by atoms with Crippen LogP contribution < -0.4 is 5.32 Å². The Balaban J connectivity index is 1.47. The van der Waals surface area contributed by atoms with E-state index in [-0.39, 0.29) is 12.1 Å². The summed E-state index contributed by atoms with van der Waals surface area (Å²) in [7, 11) is 0. The lowest BCUT2D eigenvalue weighted by Gasteiger charge is -2.35. The molecule has 1 saturated heterocycles. The van der Waals surface area contributed by atoms with Gasteiger partial charge in [-0.1, -0.05) is 29.8 Å². The number of nitrogens with one attached hydrogen (secondary N) is 1. The van der Waals surface area contributed by atoms with Crippen LogP contribution in [-0.2, 0) is 6.54 Å². The van der Waals surface area contributed by atoms with Crippen molar-refractivity contribution in [3.63, 3.8) is 0 Å². The molecule has 1 aliphatic heterocycles. The number of benzene rings is 1. The highest BCUT2D eigenvalue weighted by molar-refractivity contribution is 5.74. The number of aromatic nitrogens is 1. The fourth-order valence-corrected chi connectivity index (χ4v) is 3.19. The van der Waals surface area contributed by atoms with Crippen LogP contribution >= 0.6 is 0 Å². The van der Waals surface area contributed by atoms with Crippen LogP contribution in [0.15, 0.2) is 48.8 Å². The Morgan fingerprint density at radius 3 is 2.56 bits per heavy atom. The molecule has 1 unspecified atom stereocenters. The number of hydrogen-bond donors (Lipinski definition) is 1. The zero-order valence-corrected chi connectivity index (χ0v) is 15.0. The van der Waals surface area contributed by atoms with Crippen molar-refractivity contribution in [2.75, 3.05) is 26.2 Å². The van der Waals surface area contributed by atoms with Gasteiger partial charge >= 0.3 is 6.03 Å². The van der Waals surface area contributed by atoms with Crippen LogP contribution in [0.4, 0.5) is 4.79 Å². The first kappa shape index (κ1) is 17.4. The average Bonchev–Trinajstić information content (AvgIpc) is 2.63. The lowest BCUT2D eigenvalue weighted by atomic mass is 10.1. The minimum absolute atomic E-state index is 0.0131. The summed E-state index contributed by atoms with van der Waals surface area (Å²) < 4.78 is 0. The Bertz CT molecular complexity index is 696. The van der Waals surface area contributed by atoms with E-state index in [9.17, 15) is 4.79 Å². The molecular weight excluding hydrogens is 312 g/mol. The lowest BCUT2D eigenvalue weighted by Crippen LogP contribution is -2.51. The number of nitrogens with zero attached hydrogens (tertiary/aromatic N) is 3. The number of piperazine rings is 1. The fraction of sp³-hybridized carbons (Fsp3) is 0.400. The highest BCUT2D eigenvalue weighted by atomic mass is 16.2. The normalized spacial score (nSPS) is 16.5. The monoisotopic (exact) mass is 338 g/mol. The van der Waals surface area contributed by atoms with Gasteiger partial charge in [-0.3, -0.25) is 9.88 Å². The molecule has 0 saturated carbocycles. The predicted molar refractivity (Wildman–Crippen MR) is 99.2 cm³/mol. The van der Waals surface area contributed by atoms with Gasteiger partial charge in [-0.2, -0.15) is 0 Å². The van der Waals surface area contributed by atoms with E-state index in [1.165, 1.54) is 11.1 Å². The molecular formula is C20H26N4O. The van der Waals surface area contributed by atoms with Crippen molar-refractivity contribution in [1.82, 2.24) is 20.1 Å². The van der Waals surface area contributed by atoms with E-state index in [2.05, 4.69) is 46.4 Å². The van der Waals surface area contributed by atoms with Gasteiger partial charge in [-0.25, -0.2) is 4.79 Å². The predicted octanol–water partition coefficient (Wildman–Crippen LogP) is 2.98. The second kappa shape index (κ2) is 8.12. The van der Waals surface area contributed by atoms with Gasteiger partial charge in [-0.15, -0.1) is 0 Å². The highest BCUT2D eigenvalue weighted by Crippen LogP contribution is 2.13. The quantitative estimate of drug-likeness (QED) is 0.932. The minimum Gasteiger partial charge on any atom is -0.331 e. The van der Waals surface area contributed by atoms with Crippen molar-refractivity contribution in [2.24, 2.45) is 0 Å². The molecule has 5 heteroatoms. The molecule has 0 bridgehead atoms. The Morgan fingerprint density at radius 2 is 1.88 bits per heavy atom.